The normalized spacial score (nSPS) is 12.2. The van der Waals surface area contributed by atoms with Crippen molar-refractivity contribution in [2.45, 2.75) is 17.5 Å². The summed E-state index contributed by atoms with van der Waals surface area (Å²) in [4.78, 5) is 11.2. The minimum absolute atomic E-state index is 0.0383. The Kier molecular flexibility index (Phi) is 6.10. The molecule has 0 bridgehead atoms. The average Bonchev–Trinajstić information content (AvgIpc) is 3.46. The van der Waals surface area contributed by atoms with E-state index in [1.807, 2.05) is 0 Å². The summed E-state index contributed by atoms with van der Waals surface area (Å²) in [6.45, 7) is 0. The fourth-order valence-corrected chi connectivity index (χ4v) is 5.97. The highest BCUT2D eigenvalue weighted by molar-refractivity contribution is 7.90. The predicted octanol–water partition coefficient (Wildman–Crippen LogP) is 5.59. The van der Waals surface area contributed by atoms with Crippen LogP contribution in [0.2, 0.25) is 0 Å². The molecule has 0 amide bonds. The Bertz CT molecular complexity index is 1790. The number of nitrogens with zero attached hydrogens (tertiary/aromatic N) is 3. The minimum Gasteiger partial charge on any atom is -0.478 e. The molecule has 2 heterocycles. The molecule has 0 aliphatic carbocycles. The van der Waals surface area contributed by atoms with Crippen LogP contribution in [-0.2, 0) is 29.7 Å². The van der Waals surface area contributed by atoms with Gasteiger partial charge >= 0.3 is 12.1 Å². The number of aromatic carboxylic acids is 1. The molecule has 3 aromatic carbocycles. The van der Waals surface area contributed by atoms with E-state index >= 15 is 0 Å². The van der Waals surface area contributed by atoms with Crippen LogP contribution in [0.4, 0.5) is 13.2 Å². The van der Waals surface area contributed by atoms with Crippen molar-refractivity contribution in [2.24, 2.45) is 7.05 Å². The number of carbonyl (C=O) groups is 1. The van der Waals surface area contributed by atoms with Crippen molar-refractivity contribution < 1.29 is 31.5 Å². The van der Waals surface area contributed by atoms with Crippen molar-refractivity contribution in [3.05, 3.63) is 107 Å². The molecule has 0 saturated carbocycles. The molecule has 5 rings (SSSR count). The third kappa shape index (κ3) is 4.56. The Hall–Kier alpha value is -4.38. The number of rotatable bonds is 6. The molecule has 7 nitrogen and oxygen atoms in total. The van der Waals surface area contributed by atoms with Crippen molar-refractivity contribution in [1.82, 2.24) is 13.8 Å². The molecule has 0 radical (unpaired) electrons. The van der Waals surface area contributed by atoms with Gasteiger partial charge in [-0.25, -0.2) is 17.2 Å². The lowest BCUT2D eigenvalue weighted by Crippen LogP contribution is -2.16. The van der Waals surface area contributed by atoms with Crippen LogP contribution in [-0.4, -0.2) is 33.2 Å². The third-order valence-corrected chi connectivity index (χ3v) is 7.99. The van der Waals surface area contributed by atoms with E-state index in [4.69, 9.17) is 5.11 Å². The lowest BCUT2D eigenvalue weighted by atomic mass is 10.1. The molecule has 11 heteroatoms. The molecule has 0 aliphatic heterocycles. The van der Waals surface area contributed by atoms with E-state index in [2.05, 4.69) is 5.10 Å². The zero-order valence-corrected chi connectivity index (χ0v) is 20.7. The minimum atomic E-state index is -4.60. The van der Waals surface area contributed by atoms with Crippen molar-refractivity contribution in [3.63, 3.8) is 0 Å². The Labute approximate surface area is 215 Å². The van der Waals surface area contributed by atoms with Crippen LogP contribution in [0.5, 0.6) is 0 Å². The second-order valence-corrected chi connectivity index (χ2v) is 10.5. The Morgan fingerprint density at radius 2 is 1.71 bits per heavy atom. The number of fused-ring (bicyclic) bond motifs is 1. The molecule has 5 aromatic rings. The molecule has 0 aliphatic rings. The van der Waals surface area contributed by atoms with E-state index in [1.54, 1.807) is 48.3 Å². The number of aromatic nitrogens is 3. The fourth-order valence-electron chi connectivity index (χ4n) is 4.38. The molecule has 2 aromatic heterocycles. The summed E-state index contributed by atoms with van der Waals surface area (Å²) in [5.74, 6) is -1.11. The molecular formula is C27H20F3N3O4S. The number of hydrogen-bond acceptors (Lipinski definition) is 4. The number of benzene rings is 3. The van der Waals surface area contributed by atoms with Crippen LogP contribution >= 0.6 is 0 Å². The van der Waals surface area contributed by atoms with Crippen LogP contribution in [0.15, 0.2) is 90.0 Å². The Balaban J connectivity index is 1.68. The standard InChI is InChI=1S/C27H20F3N3O4S/c1-32-24(11-12-31-32)19-3-2-4-23(16-19)38(36,37)33-22(13-17-5-7-18(8-6-17)26(34)35)15-20-14-21(27(28,29)30)9-10-25(20)33/h2-12,14-16H,13H2,1H3,(H,34,35). The molecular weight excluding hydrogens is 519 g/mol. The second kappa shape index (κ2) is 9.18. The van der Waals surface area contributed by atoms with Gasteiger partial charge in [-0.15, -0.1) is 0 Å². The van der Waals surface area contributed by atoms with Crippen LogP contribution < -0.4 is 0 Å². The van der Waals surface area contributed by atoms with Crippen LogP contribution in [0.3, 0.4) is 0 Å². The molecule has 1 N–H and O–H groups in total. The van der Waals surface area contributed by atoms with Gasteiger partial charge in [-0.1, -0.05) is 24.3 Å². The summed E-state index contributed by atoms with van der Waals surface area (Å²) in [5.41, 5.74) is 1.38. The SMILES string of the molecule is Cn1nccc1-c1cccc(S(=O)(=O)n2c(Cc3ccc(C(=O)O)cc3)cc3cc(C(F)(F)F)ccc32)c1. The van der Waals surface area contributed by atoms with E-state index in [9.17, 15) is 26.4 Å². The van der Waals surface area contributed by atoms with Gasteiger partial charge in [-0.05, 0) is 60.2 Å². The molecule has 0 saturated heterocycles. The molecule has 0 spiro atoms. The number of hydrogen-bond donors (Lipinski definition) is 1. The third-order valence-electron chi connectivity index (χ3n) is 6.23. The summed E-state index contributed by atoms with van der Waals surface area (Å²) in [6, 6.07) is 18.2. The quantitative estimate of drug-likeness (QED) is 0.304. The number of aryl methyl sites for hydroxylation is 1. The van der Waals surface area contributed by atoms with Crippen molar-refractivity contribution in [1.29, 1.82) is 0 Å². The summed E-state index contributed by atoms with van der Waals surface area (Å²) in [5, 5.41) is 13.4. The van der Waals surface area contributed by atoms with Gasteiger partial charge in [0.25, 0.3) is 10.0 Å². The highest BCUT2D eigenvalue weighted by Crippen LogP contribution is 2.35. The molecule has 0 atom stereocenters. The molecule has 194 valence electrons. The van der Waals surface area contributed by atoms with Gasteiger partial charge in [0.2, 0.25) is 0 Å². The largest absolute Gasteiger partial charge is 0.478 e. The summed E-state index contributed by atoms with van der Waals surface area (Å²) >= 11 is 0. The van der Waals surface area contributed by atoms with Gasteiger partial charge in [0.05, 0.1) is 27.2 Å². The summed E-state index contributed by atoms with van der Waals surface area (Å²) < 4.78 is 70.8. The predicted molar refractivity (Wildman–Crippen MR) is 134 cm³/mol. The van der Waals surface area contributed by atoms with E-state index in [-0.39, 0.29) is 33.5 Å². The van der Waals surface area contributed by atoms with Gasteiger partial charge in [0, 0.05) is 36.3 Å². The number of alkyl halides is 3. The first-order chi connectivity index (χ1) is 17.9. The maximum absolute atomic E-state index is 14.0. The smallest absolute Gasteiger partial charge is 0.416 e. The molecule has 38 heavy (non-hydrogen) atoms. The Morgan fingerprint density at radius 3 is 2.34 bits per heavy atom. The zero-order valence-electron chi connectivity index (χ0n) is 19.8. The first-order valence-corrected chi connectivity index (χ1v) is 12.8. The number of carboxylic acid groups (broad SMARTS) is 1. The van der Waals surface area contributed by atoms with Gasteiger partial charge in [0.15, 0.2) is 0 Å². The maximum atomic E-state index is 14.0. The highest BCUT2D eigenvalue weighted by Gasteiger charge is 2.32. The average molecular weight is 540 g/mol. The molecule has 0 unspecified atom stereocenters. The van der Waals surface area contributed by atoms with Gasteiger partial charge in [0.1, 0.15) is 0 Å². The van der Waals surface area contributed by atoms with Gasteiger partial charge < -0.3 is 5.11 Å². The first kappa shape index (κ1) is 25.3. The maximum Gasteiger partial charge on any atom is 0.416 e. The van der Waals surface area contributed by atoms with E-state index in [1.165, 1.54) is 30.3 Å². The number of halogens is 3. The lowest BCUT2D eigenvalue weighted by molar-refractivity contribution is -0.137. The first-order valence-electron chi connectivity index (χ1n) is 11.3. The highest BCUT2D eigenvalue weighted by atomic mass is 32.2. The fraction of sp³-hybridized carbons (Fsp3) is 0.111. The zero-order chi connectivity index (χ0) is 27.2. The monoisotopic (exact) mass is 539 g/mol. The lowest BCUT2D eigenvalue weighted by Gasteiger charge is -2.14. The molecule has 0 fully saturated rings. The van der Waals surface area contributed by atoms with Crippen molar-refractivity contribution in [2.75, 3.05) is 0 Å². The Morgan fingerprint density at radius 1 is 0.974 bits per heavy atom. The summed E-state index contributed by atoms with van der Waals surface area (Å²) in [7, 11) is -2.53. The van der Waals surface area contributed by atoms with Crippen molar-refractivity contribution >= 4 is 26.9 Å². The van der Waals surface area contributed by atoms with E-state index in [0.29, 0.717) is 16.8 Å². The van der Waals surface area contributed by atoms with Crippen LogP contribution in [0.1, 0.15) is 27.2 Å². The van der Waals surface area contributed by atoms with Crippen LogP contribution in [0, 0.1) is 0 Å². The van der Waals surface area contributed by atoms with Crippen LogP contribution in [0.25, 0.3) is 22.2 Å². The topological polar surface area (TPSA) is 94.2 Å². The van der Waals surface area contributed by atoms with E-state index in [0.717, 1.165) is 22.2 Å². The second-order valence-electron chi connectivity index (χ2n) is 8.72. The van der Waals surface area contributed by atoms with Crippen molar-refractivity contribution in [3.8, 4) is 11.3 Å². The van der Waals surface area contributed by atoms with Gasteiger partial charge in [-0.2, -0.15) is 18.3 Å². The summed E-state index contributed by atoms with van der Waals surface area (Å²) in [6.07, 6.45) is -2.97. The van der Waals surface area contributed by atoms with Gasteiger partial charge in [-0.3, -0.25) is 4.68 Å². The van der Waals surface area contributed by atoms with E-state index < -0.39 is 27.7 Å². The number of carboxylic acids is 1.